The minimum atomic E-state index is -1.86. The zero-order chi connectivity index (χ0) is 72.0. The van der Waals surface area contributed by atoms with Crippen molar-refractivity contribution in [1.29, 1.82) is 0 Å². The van der Waals surface area contributed by atoms with E-state index in [0.717, 1.165) is 16.7 Å². The molecule has 37 nitrogen and oxygen atoms in total. The van der Waals surface area contributed by atoms with Gasteiger partial charge in [0.15, 0.2) is 11.9 Å². The predicted octanol–water partition coefficient (Wildman–Crippen LogP) is -7.56. The molecule has 2 aliphatic heterocycles. The molecule has 2 aliphatic rings. The van der Waals surface area contributed by atoms with Gasteiger partial charge in [0, 0.05) is 32.6 Å². The van der Waals surface area contributed by atoms with Crippen LogP contribution in [0.2, 0.25) is 0 Å². The van der Waals surface area contributed by atoms with E-state index < -0.39 is 193 Å². The van der Waals surface area contributed by atoms with E-state index in [1.54, 1.807) is 27.7 Å². The number of aliphatic carboxylic acids is 2. The van der Waals surface area contributed by atoms with Crippen LogP contribution in [0.25, 0.3) is 0 Å². The lowest BCUT2D eigenvalue weighted by Crippen LogP contribution is -2.61. The Bertz CT molecular complexity index is 2750. The summed E-state index contributed by atoms with van der Waals surface area (Å²) in [4.78, 5) is 198. The normalized spacial score (nSPS) is 17.9. The summed E-state index contributed by atoms with van der Waals surface area (Å²) >= 11 is 1.46. The van der Waals surface area contributed by atoms with Crippen LogP contribution in [0.15, 0.2) is 9.98 Å². The maximum Gasteiger partial charge on any atom is 0.326 e. The summed E-state index contributed by atoms with van der Waals surface area (Å²) < 4.78 is 0. The van der Waals surface area contributed by atoms with Gasteiger partial charge in [0.1, 0.15) is 66.5 Å². The number of amides is 12. The van der Waals surface area contributed by atoms with Gasteiger partial charge in [-0.2, -0.15) is 11.8 Å². The SMILES string of the molecule is CSCC[C@H](N)C(=O)N[C@H](C(=O)N[C@@H](CO)C(=O)N[C@@H](CCC(N)=O)C(=O)N1CCC[C@H]1C(=O)N[C@@H](CC(=O)O)C(=O)N1CCC[C@H]1C(=O)N[C@@H](CCCN=C(N)N)C(=O)N[C@@H](C)C(=O)N[C@H](C(=O)N[C@@H](CC(C)C)C(=O)N[C@@H](CCCN=C(N)N)C(=O)O)[C@@H](C)O)C(C)C. The van der Waals surface area contributed by atoms with Crippen LogP contribution in [0, 0.1) is 11.8 Å². The smallest absolute Gasteiger partial charge is 0.326 e. The van der Waals surface area contributed by atoms with Gasteiger partial charge >= 0.3 is 11.9 Å². The number of guanidine groups is 2. The minimum absolute atomic E-state index is 0.00722. The average molecular weight is 1370 g/mol. The Labute approximate surface area is 554 Å². The Kier molecular flexibility index (Phi) is 35.8. The predicted molar refractivity (Wildman–Crippen MR) is 345 cm³/mol. The zero-order valence-electron chi connectivity index (χ0n) is 54.8. The molecule has 95 heavy (non-hydrogen) atoms. The third-order valence-electron chi connectivity index (χ3n) is 15.3. The number of hydrogen-bond donors (Lipinski definition) is 19. The molecule has 0 aromatic rings. The van der Waals surface area contributed by atoms with Gasteiger partial charge in [-0.05, 0) is 108 Å². The van der Waals surface area contributed by atoms with Crippen molar-refractivity contribution in [2.45, 2.75) is 204 Å². The molecule has 0 unspecified atom stereocenters. The van der Waals surface area contributed by atoms with E-state index in [-0.39, 0.29) is 102 Å². The number of aliphatic hydroxyl groups excluding tert-OH is 2. The first-order valence-corrected chi connectivity index (χ1v) is 32.7. The molecule has 2 heterocycles. The van der Waals surface area contributed by atoms with E-state index in [9.17, 15) is 87.5 Å². The first kappa shape index (κ1) is 82.4. The number of nitrogens with two attached hydrogens (primary N) is 6. The molecule has 0 radical (unpaired) electrons. The fourth-order valence-electron chi connectivity index (χ4n) is 10.2. The summed E-state index contributed by atoms with van der Waals surface area (Å²) in [6.45, 7) is 7.82. The van der Waals surface area contributed by atoms with Crippen LogP contribution in [-0.2, 0) is 67.1 Å². The molecule has 0 spiro atoms. The lowest BCUT2D eigenvalue weighted by molar-refractivity contribution is -0.147. The first-order chi connectivity index (χ1) is 44.5. The van der Waals surface area contributed by atoms with Crippen LogP contribution in [0.3, 0.4) is 0 Å². The summed E-state index contributed by atoms with van der Waals surface area (Å²) in [7, 11) is 0. The van der Waals surface area contributed by atoms with Gasteiger partial charge in [-0.3, -0.25) is 72.3 Å². The maximum atomic E-state index is 14.4. The molecule has 0 bridgehead atoms. The number of thioether (sulfide) groups is 1. The second-order valence-electron chi connectivity index (χ2n) is 24.0. The van der Waals surface area contributed by atoms with Gasteiger partial charge in [0.05, 0.1) is 25.2 Å². The van der Waals surface area contributed by atoms with Crippen LogP contribution >= 0.6 is 11.8 Å². The number of nitrogens with one attached hydrogen (secondary N) is 9. The second kappa shape index (κ2) is 41.2. The highest BCUT2D eigenvalue weighted by Crippen LogP contribution is 2.23. The Morgan fingerprint density at radius 3 is 1.47 bits per heavy atom. The Hall–Kier alpha value is -8.65. The van der Waals surface area contributed by atoms with E-state index in [4.69, 9.17) is 34.4 Å². The third kappa shape index (κ3) is 28.5. The number of primary amides is 1. The lowest BCUT2D eigenvalue weighted by Gasteiger charge is -2.32. The van der Waals surface area contributed by atoms with Crippen LogP contribution in [-0.4, -0.2) is 248 Å². The molecule has 2 saturated heterocycles. The van der Waals surface area contributed by atoms with Gasteiger partial charge in [-0.15, -0.1) is 0 Å². The van der Waals surface area contributed by atoms with Crippen molar-refractivity contribution in [2.24, 2.45) is 56.2 Å². The summed E-state index contributed by atoms with van der Waals surface area (Å²) in [6, 6.07) is -17.6. The number of carbonyl (C=O) groups excluding carboxylic acids is 12. The van der Waals surface area contributed by atoms with Crippen molar-refractivity contribution >= 4 is 107 Å². The molecule has 0 aromatic heterocycles. The topological polar surface area (TPSA) is 615 Å². The van der Waals surface area contributed by atoms with Crippen LogP contribution < -0.4 is 82.3 Å². The van der Waals surface area contributed by atoms with Crippen molar-refractivity contribution in [2.75, 3.05) is 44.8 Å². The number of rotatable bonds is 42. The number of nitrogens with zero attached hydrogens (tertiary/aromatic N) is 4. The fourth-order valence-corrected chi connectivity index (χ4v) is 10.7. The average Bonchev–Trinajstić information content (AvgIpc) is 1.91. The minimum Gasteiger partial charge on any atom is -0.481 e. The van der Waals surface area contributed by atoms with Gasteiger partial charge in [-0.1, -0.05) is 27.7 Å². The number of aliphatic imine (C=N–C) groups is 2. The van der Waals surface area contributed by atoms with Crippen LogP contribution in [0.1, 0.15) is 125 Å². The fraction of sp³-hybridized carbons (Fsp3) is 0.719. The van der Waals surface area contributed by atoms with Crippen molar-refractivity contribution in [3.05, 3.63) is 0 Å². The molecule has 13 atom stereocenters. The van der Waals surface area contributed by atoms with E-state index in [2.05, 4.69) is 57.8 Å². The molecule has 38 heteroatoms. The summed E-state index contributed by atoms with van der Waals surface area (Å²) in [6.07, 6.45) is -1.17. The highest BCUT2D eigenvalue weighted by Gasteiger charge is 2.44. The van der Waals surface area contributed by atoms with Crippen LogP contribution in [0.5, 0.6) is 0 Å². The molecule has 0 aliphatic carbocycles. The van der Waals surface area contributed by atoms with Crippen molar-refractivity contribution in [1.82, 2.24) is 57.7 Å². The number of hydrogen-bond acceptors (Lipinski definition) is 20. The molecule has 25 N–H and O–H groups in total. The molecule has 2 rings (SSSR count). The van der Waals surface area contributed by atoms with E-state index in [0.29, 0.717) is 12.2 Å². The summed E-state index contributed by atoms with van der Waals surface area (Å²) in [5.74, 6) is -15.0. The molecular weight excluding hydrogens is 1270 g/mol. The van der Waals surface area contributed by atoms with E-state index >= 15 is 0 Å². The number of carboxylic acids is 2. The molecular formula is C57H99N19O18S. The van der Waals surface area contributed by atoms with Crippen molar-refractivity contribution in [3.8, 4) is 0 Å². The number of likely N-dealkylation sites (tertiary alicyclic amines) is 2. The second-order valence-corrected chi connectivity index (χ2v) is 25.0. The van der Waals surface area contributed by atoms with E-state index in [1.165, 1.54) is 18.7 Å². The highest BCUT2D eigenvalue weighted by atomic mass is 32.2. The van der Waals surface area contributed by atoms with Crippen LogP contribution in [0.4, 0.5) is 0 Å². The molecule has 0 saturated carbocycles. The standard InChI is InChI=1S/C57H99N19O18S/c1-27(2)24-35(47(85)69-34(55(93)94)13-9-20-65-57(62)63)70-52(90)43(30(6)78)74-44(82)29(5)66-46(84)32(12-8-19-64-56(60)61)67-49(87)38-14-11-22-76(38)54(92)36(25-41(80)81)71-50(88)39-15-10-21-75(39)53(91)33(16-17-40(59)79)68-48(86)37(26-77)72-51(89)42(28(3)4)73-45(83)31(58)18-23-95-7/h27-39,42-43,77-78H,8-26,58H2,1-7H3,(H2,59,79)(H,66,84)(H,67,87)(H,68,86)(H,69,85)(H,70,90)(H,71,88)(H,72,89)(H,73,83)(H,74,82)(H,80,81)(H,93,94)(H4,60,61,64)(H4,62,63,65)/t29-,30+,31-,32-,33-,34-,35-,36-,37-,38-,39-,42-,43-/m0/s1. The molecule has 536 valence electrons. The van der Waals surface area contributed by atoms with Gasteiger partial charge in [0.2, 0.25) is 70.9 Å². The van der Waals surface area contributed by atoms with Gasteiger partial charge in [-0.25, -0.2) is 4.79 Å². The highest BCUT2D eigenvalue weighted by molar-refractivity contribution is 7.98. The Balaban J connectivity index is 2.35. The maximum absolute atomic E-state index is 14.4. The van der Waals surface area contributed by atoms with Gasteiger partial charge in [0.25, 0.3) is 0 Å². The van der Waals surface area contributed by atoms with E-state index in [1.807, 2.05) is 6.26 Å². The number of carboxylic acid groups (broad SMARTS) is 2. The van der Waals surface area contributed by atoms with Crippen molar-refractivity contribution < 1.29 is 87.5 Å². The van der Waals surface area contributed by atoms with Crippen molar-refractivity contribution in [3.63, 3.8) is 0 Å². The largest absolute Gasteiger partial charge is 0.481 e. The monoisotopic (exact) mass is 1370 g/mol. The lowest BCUT2D eigenvalue weighted by atomic mass is 10.0. The van der Waals surface area contributed by atoms with Gasteiger partial charge < -0.3 is 112 Å². The summed E-state index contributed by atoms with van der Waals surface area (Å²) in [5.41, 5.74) is 33.0. The quantitative estimate of drug-likeness (QED) is 0.0153. The number of aliphatic hydroxyl groups is 2. The first-order valence-electron chi connectivity index (χ1n) is 31.3. The molecule has 0 aromatic carbocycles. The summed E-state index contributed by atoms with van der Waals surface area (Å²) in [5, 5.41) is 62.7. The Morgan fingerprint density at radius 1 is 0.537 bits per heavy atom. The molecule has 2 fully saturated rings. The number of carbonyl (C=O) groups is 14. The third-order valence-corrected chi connectivity index (χ3v) is 15.9. The molecule has 12 amide bonds. The zero-order valence-corrected chi connectivity index (χ0v) is 55.6. The Morgan fingerprint density at radius 2 is 1.00 bits per heavy atom.